The summed E-state index contributed by atoms with van der Waals surface area (Å²) in [6.07, 6.45) is 0. The molecule has 0 saturated heterocycles. The summed E-state index contributed by atoms with van der Waals surface area (Å²) < 4.78 is 5.00. The fraction of sp³-hybridized carbons (Fsp3) is 0.263. The molecular formula is C19H22N2O4. The highest BCUT2D eigenvalue weighted by Crippen LogP contribution is 2.30. The van der Waals surface area contributed by atoms with E-state index < -0.39 is 5.91 Å². The fourth-order valence-electron chi connectivity index (χ4n) is 2.43. The summed E-state index contributed by atoms with van der Waals surface area (Å²) >= 11 is 0. The number of para-hydroxylation sites is 1. The molecular weight excluding hydrogens is 320 g/mol. The Bertz CT molecular complexity index is 802. The van der Waals surface area contributed by atoms with Crippen molar-refractivity contribution in [1.29, 1.82) is 0 Å². The number of aryl methyl sites for hydroxylation is 1. The number of nitrogens with zero attached hydrogens (tertiary/aromatic N) is 1. The molecule has 2 amide bonds. The number of benzene rings is 2. The zero-order valence-electron chi connectivity index (χ0n) is 14.8. The molecule has 0 aliphatic carbocycles. The van der Waals surface area contributed by atoms with Crippen LogP contribution in [-0.2, 0) is 4.79 Å². The van der Waals surface area contributed by atoms with Gasteiger partial charge >= 0.3 is 0 Å². The molecule has 0 radical (unpaired) electrons. The van der Waals surface area contributed by atoms with Crippen molar-refractivity contribution in [3.8, 4) is 11.5 Å². The Kier molecular flexibility index (Phi) is 5.64. The minimum Gasteiger partial charge on any atom is -0.504 e. The molecule has 0 saturated carbocycles. The zero-order chi connectivity index (χ0) is 18.6. The number of hydrogen-bond donors (Lipinski definition) is 2. The monoisotopic (exact) mass is 342 g/mol. The summed E-state index contributed by atoms with van der Waals surface area (Å²) in [5.41, 5.74) is 2.86. The lowest BCUT2D eigenvalue weighted by molar-refractivity contribution is -0.116. The number of amides is 2. The first-order chi connectivity index (χ1) is 11.8. The van der Waals surface area contributed by atoms with E-state index in [0.717, 1.165) is 16.8 Å². The average molecular weight is 342 g/mol. The molecule has 6 nitrogen and oxygen atoms in total. The molecule has 0 aromatic heterocycles. The van der Waals surface area contributed by atoms with Crippen molar-refractivity contribution in [2.45, 2.75) is 13.8 Å². The maximum Gasteiger partial charge on any atom is 0.257 e. The van der Waals surface area contributed by atoms with Gasteiger partial charge in [-0.2, -0.15) is 0 Å². The topological polar surface area (TPSA) is 78.9 Å². The van der Waals surface area contributed by atoms with Crippen molar-refractivity contribution in [3.63, 3.8) is 0 Å². The van der Waals surface area contributed by atoms with Crippen molar-refractivity contribution in [1.82, 2.24) is 4.90 Å². The average Bonchev–Trinajstić information content (AvgIpc) is 2.58. The molecule has 0 fully saturated rings. The predicted octanol–water partition coefficient (Wildman–Crippen LogP) is 2.73. The Morgan fingerprint density at radius 1 is 1.16 bits per heavy atom. The number of carbonyl (C=O) groups is 2. The molecule has 0 heterocycles. The van der Waals surface area contributed by atoms with E-state index in [-0.39, 0.29) is 29.5 Å². The number of ether oxygens (including phenoxy) is 1. The van der Waals surface area contributed by atoms with Crippen molar-refractivity contribution in [2.24, 2.45) is 0 Å². The smallest absolute Gasteiger partial charge is 0.257 e. The van der Waals surface area contributed by atoms with Gasteiger partial charge in [0, 0.05) is 12.7 Å². The van der Waals surface area contributed by atoms with Crippen molar-refractivity contribution in [3.05, 3.63) is 53.1 Å². The molecule has 2 aromatic rings. The molecule has 2 rings (SSSR count). The van der Waals surface area contributed by atoms with Crippen LogP contribution in [0.15, 0.2) is 36.4 Å². The van der Waals surface area contributed by atoms with Crippen LogP contribution in [0.25, 0.3) is 0 Å². The van der Waals surface area contributed by atoms with Crippen LogP contribution in [0, 0.1) is 13.8 Å². The van der Waals surface area contributed by atoms with Gasteiger partial charge < -0.3 is 20.1 Å². The number of methoxy groups -OCH3 is 1. The Hall–Kier alpha value is -3.02. The number of phenolic OH excluding ortho intramolecular Hbond substituents is 1. The van der Waals surface area contributed by atoms with E-state index in [0.29, 0.717) is 0 Å². The number of anilines is 1. The Morgan fingerprint density at radius 3 is 2.52 bits per heavy atom. The van der Waals surface area contributed by atoms with E-state index in [1.165, 1.54) is 25.1 Å². The molecule has 2 aromatic carbocycles. The molecule has 25 heavy (non-hydrogen) atoms. The summed E-state index contributed by atoms with van der Waals surface area (Å²) in [5, 5.41) is 12.9. The lowest BCUT2D eigenvalue weighted by atomic mass is 10.1. The molecule has 0 aliphatic rings. The van der Waals surface area contributed by atoms with Crippen molar-refractivity contribution in [2.75, 3.05) is 26.0 Å². The Labute approximate surface area is 147 Å². The van der Waals surface area contributed by atoms with Gasteiger partial charge in [-0.15, -0.1) is 0 Å². The Balaban J connectivity index is 2.08. The predicted molar refractivity (Wildman–Crippen MR) is 96.2 cm³/mol. The second-order valence-electron chi connectivity index (χ2n) is 5.81. The largest absolute Gasteiger partial charge is 0.504 e. The highest BCUT2D eigenvalue weighted by molar-refractivity contribution is 6.01. The second kappa shape index (κ2) is 7.70. The first-order valence-electron chi connectivity index (χ1n) is 7.82. The maximum absolute atomic E-state index is 12.5. The van der Waals surface area contributed by atoms with Crippen LogP contribution in [0.4, 0.5) is 5.69 Å². The summed E-state index contributed by atoms with van der Waals surface area (Å²) in [6.45, 7) is 3.75. The summed E-state index contributed by atoms with van der Waals surface area (Å²) in [5.74, 6) is -0.810. The lowest BCUT2D eigenvalue weighted by Gasteiger charge is -2.18. The minimum absolute atomic E-state index is 0.0846. The third-order valence-electron chi connectivity index (χ3n) is 4.06. The number of rotatable bonds is 5. The van der Waals surface area contributed by atoms with Gasteiger partial charge in [-0.05, 0) is 43.2 Å². The number of phenols is 1. The second-order valence-corrected chi connectivity index (χ2v) is 5.81. The molecule has 132 valence electrons. The van der Waals surface area contributed by atoms with Crippen LogP contribution < -0.4 is 10.1 Å². The molecule has 0 unspecified atom stereocenters. The van der Waals surface area contributed by atoms with Crippen LogP contribution in [0.5, 0.6) is 11.5 Å². The first kappa shape index (κ1) is 18.3. The van der Waals surface area contributed by atoms with Gasteiger partial charge in [0.25, 0.3) is 5.91 Å². The third kappa shape index (κ3) is 4.09. The summed E-state index contributed by atoms with van der Waals surface area (Å²) in [7, 11) is 2.91. The number of carbonyl (C=O) groups excluding carboxylic acids is 2. The van der Waals surface area contributed by atoms with E-state index in [2.05, 4.69) is 5.32 Å². The van der Waals surface area contributed by atoms with Gasteiger partial charge in [0.15, 0.2) is 11.5 Å². The Morgan fingerprint density at radius 2 is 1.84 bits per heavy atom. The SMILES string of the molecule is COc1cccc(C(=O)N(C)CC(=O)Nc2cccc(C)c2C)c1O. The van der Waals surface area contributed by atoms with Crippen LogP contribution in [0.2, 0.25) is 0 Å². The van der Waals surface area contributed by atoms with Gasteiger partial charge in [-0.25, -0.2) is 0 Å². The van der Waals surface area contributed by atoms with Gasteiger partial charge in [0.1, 0.15) is 0 Å². The highest BCUT2D eigenvalue weighted by atomic mass is 16.5. The van der Waals surface area contributed by atoms with Gasteiger partial charge in [0.2, 0.25) is 5.91 Å². The fourth-order valence-corrected chi connectivity index (χ4v) is 2.43. The van der Waals surface area contributed by atoms with Crippen LogP contribution >= 0.6 is 0 Å². The van der Waals surface area contributed by atoms with Gasteiger partial charge in [-0.1, -0.05) is 18.2 Å². The lowest BCUT2D eigenvalue weighted by Crippen LogP contribution is -2.35. The normalized spacial score (nSPS) is 10.2. The van der Waals surface area contributed by atoms with E-state index >= 15 is 0 Å². The maximum atomic E-state index is 12.5. The van der Waals surface area contributed by atoms with Crippen LogP contribution in [0.1, 0.15) is 21.5 Å². The quantitative estimate of drug-likeness (QED) is 0.876. The third-order valence-corrected chi connectivity index (χ3v) is 4.06. The van der Waals surface area contributed by atoms with Gasteiger partial charge in [-0.3, -0.25) is 9.59 Å². The highest BCUT2D eigenvalue weighted by Gasteiger charge is 2.20. The molecule has 0 atom stereocenters. The standard InChI is InChI=1S/C19H22N2O4/c1-12-7-5-9-15(13(12)2)20-17(22)11-21(3)19(24)14-8-6-10-16(25-4)18(14)23/h5-10,23H,11H2,1-4H3,(H,20,22). The molecule has 2 N–H and O–H groups in total. The molecule has 6 heteroatoms. The zero-order valence-corrected chi connectivity index (χ0v) is 14.8. The first-order valence-corrected chi connectivity index (χ1v) is 7.82. The number of hydrogen-bond acceptors (Lipinski definition) is 4. The van der Waals surface area contributed by atoms with Crippen LogP contribution in [-0.4, -0.2) is 42.5 Å². The molecule has 0 aliphatic heterocycles. The summed E-state index contributed by atoms with van der Waals surface area (Å²) in [6, 6.07) is 10.3. The van der Waals surface area contributed by atoms with E-state index in [4.69, 9.17) is 4.74 Å². The van der Waals surface area contributed by atoms with Crippen molar-refractivity contribution < 1.29 is 19.4 Å². The molecule has 0 spiro atoms. The number of aromatic hydroxyl groups is 1. The van der Waals surface area contributed by atoms with E-state index in [1.807, 2.05) is 32.0 Å². The summed E-state index contributed by atoms with van der Waals surface area (Å²) in [4.78, 5) is 26.0. The van der Waals surface area contributed by atoms with Gasteiger partial charge in [0.05, 0.1) is 19.2 Å². The van der Waals surface area contributed by atoms with Crippen LogP contribution in [0.3, 0.4) is 0 Å². The minimum atomic E-state index is -0.465. The number of nitrogens with one attached hydrogen (secondary N) is 1. The molecule has 0 bridgehead atoms. The van der Waals surface area contributed by atoms with Crippen molar-refractivity contribution >= 4 is 17.5 Å². The number of likely N-dealkylation sites (N-methyl/N-ethyl adjacent to an activating group) is 1. The van der Waals surface area contributed by atoms with E-state index in [9.17, 15) is 14.7 Å². The van der Waals surface area contributed by atoms with E-state index in [1.54, 1.807) is 12.1 Å².